The van der Waals surface area contributed by atoms with Crippen molar-refractivity contribution < 1.29 is 4.42 Å². The number of benzene rings is 1. The van der Waals surface area contributed by atoms with E-state index in [1.807, 2.05) is 36.6 Å². The van der Waals surface area contributed by atoms with E-state index in [1.54, 1.807) is 0 Å². The molecule has 0 saturated carbocycles. The number of hydrogen-bond donors (Lipinski definition) is 0. The number of rotatable bonds is 1. The molecule has 0 saturated heterocycles. The van der Waals surface area contributed by atoms with Crippen LogP contribution >= 0.6 is 27.3 Å². The Morgan fingerprint density at radius 1 is 1.33 bits per heavy atom. The number of halogens is 1. The zero-order valence-electron chi connectivity index (χ0n) is 9.44. The summed E-state index contributed by atoms with van der Waals surface area (Å²) in [5.41, 5.74) is 2.51. The maximum Gasteiger partial charge on any atom is 0.345 e. The van der Waals surface area contributed by atoms with E-state index in [0.29, 0.717) is 16.8 Å². The Labute approximate surface area is 115 Å². The maximum atomic E-state index is 11.9. The van der Waals surface area contributed by atoms with Gasteiger partial charge in [0.25, 0.3) is 0 Å². The summed E-state index contributed by atoms with van der Waals surface area (Å²) in [7, 11) is 0. The highest BCUT2D eigenvalue weighted by Gasteiger charge is 2.10. The lowest BCUT2D eigenvalue weighted by Gasteiger charge is -2.00. The highest BCUT2D eigenvalue weighted by Crippen LogP contribution is 2.25. The first-order chi connectivity index (χ1) is 8.63. The molecular weight excluding hydrogens is 314 g/mol. The summed E-state index contributed by atoms with van der Waals surface area (Å²) in [5.74, 6) is 0. The Kier molecular flexibility index (Phi) is 2.80. The molecule has 3 nitrogen and oxygen atoms in total. The van der Waals surface area contributed by atoms with Crippen LogP contribution in [0.4, 0.5) is 0 Å². The van der Waals surface area contributed by atoms with E-state index in [0.717, 1.165) is 14.9 Å². The number of aromatic nitrogens is 1. The van der Waals surface area contributed by atoms with Gasteiger partial charge in [-0.3, -0.25) is 0 Å². The lowest BCUT2D eigenvalue weighted by atomic mass is 10.1. The minimum absolute atomic E-state index is 0.357. The summed E-state index contributed by atoms with van der Waals surface area (Å²) in [4.78, 5) is 16.2. The average molecular weight is 322 g/mol. The minimum Gasteiger partial charge on any atom is -0.422 e. The van der Waals surface area contributed by atoms with Gasteiger partial charge in [-0.05, 0) is 41.1 Å². The van der Waals surface area contributed by atoms with Crippen LogP contribution in [0.2, 0.25) is 0 Å². The largest absolute Gasteiger partial charge is 0.422 e. The maximum absolute atomic E-state index is 11.9. The summed E-state index contributed by atoms with van der Waals surface area (Å²) in [6, 6.07) is 7.55. The van der Waals surface area contributed by atoms with Crippen molar-refractivity contribution in [2.75, 3.05) is 0 Å². The SMILES string of the molecule is Cc1ccc2oc(=O)c(-c3csc(Br)n3)cc2c1. The molecular formula is C13H8BrNO2S. The lowest BCUT2D eigenvalue weighted by Crippen LogP contribution is -2.02. The van der Waals surface area contributed by atoms with Crippen molar-refractivity contribution in [3.8, 4) is 11.3 Å². The van der Waals surface area contributed by atoms with Crippen LogP contribution < -0.4 is 5.63 Å². The Morgan fingerprint density at radius 3 is 2.89 bits per heavy atom. The van der Waals surface area contributed by atoms with Crippen LogP contribution in [0.1, 0.15) is 5.56 Å². The number of fused-ring (bicyclic) bond motifs is 1. The molecule has 0 amide bonds. The molecule has 0 radical (unpaired) electrons. The van der Waals surface area contributed by atoms with E-state index in [2.05, 4.69) is 20.9 Å². The number of thiazole rings is 1. The Balaban J connectivity index is 2.29. The molecule has 3 aromatic rings. The average Bonchev–Trinajstić information content (AvgIpc) is 2.75. The fourth-order valence-electron chi connectivity index (χ4n) is 1.80. The molecule has 0 aliphatic carbocycles. The van der Waals surface area contributed by atoms with Gasteiger partial charge in [0.1, 0.15) is 5.58 Å². The van der Waals surface area contributed by atoms with Gasteiger partial charge in [-0.15, -0.1) is 11.3 Å². The Morgan fingerprint density at radius 2 is 2.17 bits per heavy atom. The van der Waals surface area contributed by atoms with Crippen LogP contribution in [0.5, 0.6) is 0 Å². The fourth-order valence-corrected chi connectivity index (χ4v) is 2.81. The van der Waals surface area contributed by atoms with Crippen molar-refractivity contribution in [2.24, 2.45) is 0 Å². The molecule has 0 aliphatic rings. The van der Waals surface area contributed by atoms with Gasteiger partial charge in [0, 0.05) is 10.8 Å². The smallest absolute Gasteiger partial charge is 0.345 e. The van der Waals surface area contributed by atoms with Crippen molar-refractivity contribution in [3.63, 3.8) is 0 Å². The van der Waals surface area contributed by atoms with Gasteiger partial charge < -0.3 is 4.42 Å². The topological polar surface area (TPSA) is 43.1 Å². The molecule has 90 valence electrons. The molecule has 0 N–H and O–H groups in total. The third-order valence-electron chi connectivity index (χ3n) is 2.64. The van der Waals surface area contributed by atoms with Crippen LogP contribution in [-0.2, 0) is 0 Å². The highest BCUT2D eigenvalue weighted by atomic mass is 79.9. The zero-order valence-corrected chi connectivity index (χ0v) is 11.8. The second kappa shape index (κ2) is 4.33. The minimum atomic E-state index is -0.357. The molecule has 0 spiro atoms. The molecule has 0 aliphatic heterocycles. The third-order valence-corrected chi connectivity index (χ3v) is 4.00. The van der Waals surface area contributed by atoms with Crippen molar-refractivity contribution in [1.82, 2.24) is 4.98 Å². The predicted molar refractivity (Wildman–Crippen MR) is 76.0 cm³/mol. The quantitative estimate of drug-likeness (QED) is 0.636. The van der Waals surface area contributed by atoms with Crippen LogP contribution in [0.25, 0.3) is 22.2 Å². The molecule has 5 heteroatoms. The van der Waals surface area contributed by atoms with Gasteiger partial charge in [0.05, 0.1) is 11.3 Å². The molecule has 0 atom stereocenters. The van der Waals surface area contributed by atoms with E-state index in [-0.39, 0.29) is 5.63 Å². The first kappa shape index (κ1) is 11.6. The summed E-state index contributed by atoms with van der Waals surface area (Å²) in [6.45, 7) is 2.00. The molecule has 2 aromatic heterocycles. The van der Waals surface area contributed by atoms with Gasteiger partial charge >= 0.3 is 5.63 Å². The van der Waals surface area contributed by atoms with Crippen LogP contribution in [0.3, 0.4) is 0 Å². The monoisotopic (exact) mass is 321 g/mol. The molecule has 3 rings (SSSR count). The van der Waals surface area contributed by atoms with Crippen molar-refractivity contribution in [1.29, 1.82) is 0 Å². The third kappa shape index (κ3) is 2.00. The zero-order chi connectivity index (χ0) is 12.7. The molecule has 0 bridgehead atoms. The van der Waals surface area contributed by atoms with E-state index >= 15 is 0 Å². The Hall–Kier alpha value is -1.46. The summed E-state index contributed by atoms with van der Waals surface area (Å²) in [6.07, 6.45) is 0. The van der Waals surface area contributed by atoms with E-state index in [9.17, 15) is 4.79 Å². The standard InChI is InChI=1S/C13H8BrNO2S/c1-7-2-3-11-8(4-7)5-9(12(16)17-11)10-6-18-13(14)15-10/h2-6H,1H3. The van der Waals surface area contributed by atoms with E-state index in [4.69, 9.17) is 4.42 Å². The Bertz CT molecular complexity index is 791. The predicted octanol–water partition coefficient (Wildman–Crippen LogP) is 3.99. The normalized spacial score (nSPS) is 11.0. The van der Waals surface area contributed by atoms with E-state index < -0.39 is 0 Å². The van der Waals surface area contributed by atoms with Crippen molar-refractivity contribution in [2.45, 2.75) is 6.92 Å². The van der Waals surface area contributed by atoms with Crippen molar-refractivity contribution >= 4 is 38.2 Å². The number of hydrogen-bond acceptors (Lipinski definition) is 4. The van der Waals surface area contributed by atoms with Crippen LogP contribution in [0.15, 0.2) is 42.8 Å². The van der Waals surface area contributed by atoms with Gasteiger partial charge in [-0.2, -0.15) is 0 Å². The molecule has 18 heavy (non-hydrogen) atoms. The summed E-state index contributed by atoms with van der Waals surface area (Å²) in [5, 5.41) is 2.74. The van der Waals surface area contributed by atoms with E-state index in [1.165, 1.54) is 11.3 Å². The van der Waals surface area contributed by atoms with Gasteiger partial charge in [0.2, 0.25) is 0 Å². The lowest BCUT2D eigenvalue weighted by molar-refractivity contribution is 0.563. The molecule has 0 unspecified atom stereocenters. The fraction of sp³-hybridized carbons (Fsp3) is 0.0769. The van der Waals surface area contributed by atoms with Gasteiger partial charge in [-0.25, -0.2) is 9.78 Å². The summed E-state index contributed by atoms with van der Waals surface area (Å²) >= 11 is 4.73. The van der Waals surface area contributed by atoms with Crippen molar-refractivity contribution in [3.05, 3.63) is 49.5 Å². The molecule has 2 heterocycles. The molecule has 0 fully saturated rings. The second-order valence-electron chi connectivity index (χ2n) is 3.97. The first-order valence-electron chi connectivity index (χ1n) is 5.29. The van der Waals surface area contributed by atoms with Gasteiger partial charge in [0.15, 0.2) is 3.92 Å². The van der Waals surface area contributed by atoms with Crippen LogP contribution in [-0.4, -0.2) is 4.98 Å². The second-order valence-corrected chi connectivity index (χ2v) is 6.11. The summed E-state index contributed by atoms with van der Waals surface area (Å²) < 4.78 is 6.06. The number of aryl methyl sites for hydroxylation is 1. The van der Waals surface area contributed by atoms with Gasteiger partial charge in [-0.1, -0.05) is 11.6 Å². The first-order valence-corrected chi connectivity index (χ1v) is 6.97. The van der Waals surface area contributed by atoms with Crippen LogP contribution in [0, 0.1) is 6.92 Å². The number of nitrogens with zero attached hydrogens (tertiary/aromatic N) is 1. The highest BCUT2D eigenvalue weighted by molar-refractivity contribution is 9.11. The molecule has 1 aromatic carbocycles.